The maximum absolute atomic E-state index is 12.9. The Morgan fingerprint density at radius 1 is 1.21 bits per heavy atom. The van der Waals surface area contributed by atoms with Crippen LogP contribution in [-0.4, -0.2) is 43.1 Å². The molecule has 1 aromatic carbocycles. The van der Waals surface area contributed by atoms with Gasteiger partial charge in [0, 0.05) is 24.0 Å². The van der Waals surface area contributed by atoms with Crippen molar-refractivity contribution in [1.29, 1.82) is 0 Å². The number of piperidine rings is 1. The number of benzene rings is 1. The maximum Gasteiger partial charge on any atom is 0.253 e. The van der Waals surface area contributed by atoms with E-state index in [2.05, 4.69) is 12.2 Å². The number of amides is 1. The van der Waals surface area contributed by atoms with Crippen LogP contribution in [0.3, 0.4) is 0 Å². The number of amidine groups is 1. The van der Waals surface area contributed by atoms with E-state index in [1.165, 1.54) is 23.2 Å². The Labute approximate surface area is 171 Å². The fourth-order valence-corrected chi connectivity index (χ4v) is 6.39. The lowest BCUT2D eigenvalue weighted by atomic mass is 9.80. The Morgan fingerprint density at radius 3 is 2.61 bits per heavy atom. The van der Waals surface area contributed by atoms with Crippen molar-refractivity contribution in [2.75, 3.05) is 13.1 Å². The molecular formula is C20H26ClN3O3S. The molecule has 1 aromatic rings. The molecule has 8 heteroatoms. The third-order valence-corrected chi connectivity index (χ3v) is 8.57. The molecule has 2 heterocycles. The van der Waals surface area contributed by atoms with E-state index in [0.29, 0.717) is 29.7 Å². The minimum Gasteiger partial charge on any atom is -0.312 e. The SMILES string of the molecule is CC1CCCCC1C1=NC2(CCN(S(=O)(=O)c3cccc(Cl)c3)CC2)C(=O)N1. The van der Waals surface area contributed by atoms with Gasteiger partial charge in [0.1, 0.15) is 11.4 Å². The van der Waals surface area contributed by atoms with Crippen LogP contribution in [0.4, 0.5) is 0 Å². The molecule has 2 unspecified atom stereocenters. The number of sulfonamides is 1. The van der Waals surface area contributed by atoms with Gasteiger partial charge in [0.25, 0.3) is 5.91 Å². The molecule has 1 amide bonds. The predicted octanol–water partition coefficient (Wildman–Crippen LogP) is 3.22. The number of hydrogen-bond acceptors (Lipinski definition) is 4. The molecule has 1 saturated carbocycles. The second-order valence-electron chi connectivity index (χ2n) is 8.21. The highest BCUT2D eigenvalue weighted by Gasteiger charge is 2.49. The first-order valence-corrected chi connectivity index (χ1v) is 11.8. The Balaban J connectivity index is 1.51. The van der Waals surface area contributed by atoms with Gasteiger partial charge in [0.15, 0.2) is 0 Å². The summed E-state index contributed by atoms with van der Waals surface area (Å²) in [6.45, 7) is 2.78. The van der Waals surface area contributed by atoms with Crippen LogP contribution >= 0.6 is 11.6 Å². The Hall–Kier alpha value is -1.44. The Kier molecular flexibility index (Phi) is 5.27. The van der Waals surface area contributed by atoms with Crippen LogP contribution in [-0.2, 0) is 14.8 Å². The van der Waals surface area contributed by atoms with E-state index >= 15 is 0 Å². The average molecular weight is 424 g/mol. The van der Waals surface area contributed by atoms with Crippen molar-refractivity contribution in [2.24, 2.45) is 16.8 Å². The van der Waals surface area contributed by atoms with E-state index in [4.69, 9.17) is 16.6 Å². The highest BCUT2D eigenvalue weighted by atomic mass is 35.5. The summed E-state index contributed by atoms with van der Waals surface area (Å²) >= 11 is 5.96. The normalized spacial score (nSPS) is 28.2. The molecule has 1 N–H and O–H groups in total. The first-order chi connectivity index (χ1) is 13.3. The molecule has 6 nitrogen and oxygen atoms in total. The van der Waals surface area contributed by atoms with Crippen LogP contribution < -0.4 is 5.32 Å². The van der Waals surface area contributed by atoms with Gasteiger partial charge in [-0.1, -0.05) is 43.9 Å². The van der Waals surface area contributed by atoms with Crippen molar-refractivity contribution in [3.8, 4) is 0 Å². The van der Waals surface area contributed by atoms with Gasteiger partial charge in [-0.25, -0.2) is 8.42 Å². The third kappa shape index (κ3) is 3.48. The minimum absolute atomic E-state index is 0.0694. The zero-order valence-corrected chi connectivity index (χ0v) is 17.6. The van der Waals surface area contributed by atoms with Gasteiger partial charge in [-0.15, -0.1) is 0 Å². The molecule has 1 aliphatic carbocycles. The van der Waals surface area contributed by atoms with E-state index in [-0.39, 0.29) is 23.9 Å². The van der Waals surface area contributed by atoms with Gasteiger partial charge in [0.2, 0.25) is 10.0 Å². The molecule has 1 spiro atoms. The molecule has 2 atom stereocenters. The number of rotatable bonds is 3. The van der Waals surface area contributed by atoms with Crippen molar-refractivity contribution in [3.63, 3.8) is 0 Å². The van der Waals surface area contributed by atoms with Gasteiger partial charge in [-0.3, -0.25) is 9.79 Å². The molecule has 0 aromatic heterocycles. The van der Waals surface area contributed by atoms with E-state index < -0.39 is 15.6 Å². The summed E-state index contributed by atoms with van der Waals surface area (Å²) in [4.78, 5) is 17.8. The number of nitrogens with one attached hydrogen (secondary N) is 1. The molecule has 0 radical (unpaired) electrons. The molecule has 1 saturated heterocycles. The van der Waals surface area contributed by atoms with Crippen LogP contribution in [0, 0.1) is 11.8 Å². The second-order valence-corrected chi connectivity index (χ2v) is 10.6. The van der Waals surface area contributed by atoms with Gasteiger partial charge < -0.3 is 5.32 Å². The molecule has 0 bridgehead atoms. The first-order valence-electron chi connectivity index (χ1n) is 9.99. The molecule has 2 aliphatic heterocycles. The van der Waals surface area contributed by atoms with Crippen LogP contribution in [0.1, 0.15) is 45.4 Å². The van der Waals surface area contributed by atoms with Crippen molar-refractivity contribution < 1.29 is 13.2 Å². The van der Waals surface area contributed by atoms with Crippen molar-refractivity contribution in [2.45, 2.75) is 55.9 Å². The number of halogens is 1. The molecule has 2 fully saturated rings. The van der Waals surface area contributed by atoms with E-state index in [0.717, 1.165) is 18.7 Å². The fraction of sp³-hybridized carbons (Fsp3) is 0.600. The largest absolute Gasteiger partial charge is 0.312 e. The second kappa shape index (κ2) is 7.43. The summed E-state index contributed by atoms with van der Waals surface area (Å²) in [6, 6.07) is 6.29. The smallest absolute Gasteiger partial charge is 0.253 e. The maximum atomic E-state index is 12.9. The van der Waals surface area contributed by atoms with E-state index in [1.807, 2.05) is 0 Å². The van der Waals surface area contributed by atoms with Crippen LogP contribution in [0.25, 0.3) is 0 Å². The topological polar surface area (TPSA) is 78.8 Å². The Bertz CT molecular complexity index is 907. The fourth-order valence-electron chi connectivity index (χ4n) is 4.65. The van der Waals surface area contributed by atoms with Crippen LogP contribution in [0.15, 0.2) is 34.2 Å². The molecule has 28 heavy (non-hydrogen) atoms. The number of carbonyl (C=O) groups is 1. The quantitative estimate of drug-likeness (QED) is 0.810. The van der Waals surface area contributed by atoms with Gasteiger partial charge >= 0.3 is 0 Å². The zero-order chi connectivity index (χ0) is 19.9. The highest BCUT2D eigenvalue weighted by molar-refractivity contribution is 7.89. The summed E-state index contributed by atoms with van der Waals surface area (Å²) in [5.74, 6) is 1.58. The minimum atomic E-state index is -3.62. The third-order valence-electron chi connectivity index (χ3n) is 6.44. The summed E-state index contributed by atoms with van der Waals surface area (Å²) in [5, 5.41) is 3.42. The van der Waals surface area contributed by atoms with Crippen LogP contribution in [0.2, 0.25) is 5.02 Å². The monoisotopic (exact) mass is 423 g/mol. The lowest BCUT2D eigenvalue weighted by Gasteiger charge is -2.34. The summed E-state index contributed by atoms with van der Waals surface area (Å²) in [6.07, 6.45) is 5.44. The van der Waals surface area contributed by atoms with Crippen molar-refractivity contribution >= 4 is 33.4 Å². The summed E-state index contributed by atoms with van der Waals surface area (Å²) in [5.41, 5.74) is -0.813. The molecule has 4 rings (SSSR count). The predicted molar refractivity (Wildman–Crippen MR) is 109 cm³/mol. The number of aliphatic imine (C=N–C) groups is 1. The standard InChI is InChI=1S/C20H26ClN3O3S/c1-14-5-2-3-8-17(14)18-22-19(25)20(23-18)9-11-24(12-10-20)28(26,27)16-7-4-6-15(21)13-16/h4,6-7,13-14,17H,2-3,5,8-12H2,1H3,(H,22,23,25). The van der Waals surface area contributed by atoms with Crippen LogP contribution in [0.5, 0.6) is 0 Å². The molecule has 152 valence electrons. The number of nitrogens with zero attached hydrogens (tertiary/aromatic N) is 2. The average Bonchev–Trinajstić information content (AvgIpc) is 2.98. The van der Waals surface area contributed by atoms with Gasteiger partial charge in [-0.05, 0) is 43.4 Å². The number of hydrogen-bond donors (Lipinski definition) is 1. The lowest BCUT2D eigenvalue weighted by Crippen LogP contribution is -2.50. The molecular weight excluding hydrogens is 398 g/mol. The van der Waals surface area contributed by atoms with E-state index in [9.17, 15) is 13.2 Å². The summed E-state index contributed by atoms with van der Waals surface area (Å²) in [7, 11) is -3.62. The first kappa shape index (κ1) is 19.9. The Morgan fingerprint density at radius 2 is 1.93 bits per heavy atom. The highest BCUT2D eigenvalue weighted by Crippen LogP contribution is 2.37. The number of carbonyl (C=O) groups excluding carboxylic acids is 1. The van der Waals surface area contributed by atoms with Crippen molar-refractivity contribution in [1.82, 2.24) is 9.62 Å². The summed E-state index contributed by atoms with van der Waals surface area (Å²) < 4.78 is 27.3. The van der Waals surface area contributed by atoms with E-state index in [1.54, 1.807) is 18.2 Å². The van der Waals surface area contributed by atoms with Gasteiger partial charge in [0.05, 0.1) is 4.90 Å². The zero-order valence-electron chi connectivity index (χ0n) is 16.0. The van der Waals surface area contributed by atoms with Gasteiger partial charge in [-0.2, -0.15) is 4.31 Å². The molecule has 3 aliphatic rings. The lowest BCUT2D eigenvalue weighted by molar-refractivity contribution is -0.125. The van der Waals surface area contributed by atoms with Crippen molar-refractivity contribution in [3.05, 3.63) is 29.3 Å².